The number of ketones is 1. The number of fused-ring (bicyclic) bond motifs is 1. The zero-order valence-corrected chi connectivity index (χ0v) is 13.9. The molecule has 1 N–H and O–H groups in total. The smallest absolute Gasteiger partial charge is 0.226 e. The molecule has 0 saturated heterocycles. The summed E-state index contributed by atoms with van der Waals surface area (Å²) in [7, 11) is 0. The Balaban J connectivity index is 1.74. The molecule has 0 aliphatic heterocycles. The summed E-state index contributed by atoms with van der Waals surface area (Å²) in [4.78, 5) is 23.8. The summed E-state index contributed by atoms with van der Waals surface area (Å²) in [6.45, 7) is 1.74. The van der Waals surface area contributed by atoms with Gasteiger partial charge < -0.3 is 9.88 Å². The predicted octanol–water partition coefficient (Wildman–Crippen LogP) is 4.29. The van der Waals surface area contributed by atoms with E-state index in [0.29, 0.717) is 5.56 Å². The number of hydrogen-bond donors (Lipinski definition) is 1. The van der Waals surface area contributed by atoms with E-state index in [1.807, 2.05) is 24.3 Å². The number of anilines is 1. The molecule has 26 heavy (non-hydrogen) atoms. The Morgan fingerprint density at radius 1 is 1.08 bits per heavy atom. The molecule has 0 spiro atoms. The largest absolute Gasteiger partial charge is 0.346 e. The van der Waals surface area contributed by atoms with Gasteiger partial charge in [0, 0.05) is 53.4 Å². The maximum atomic E-state index is 13.2. The van der Waals surface area contributed by atoms with Crippen molar-refractivity contribution < 1.29 is 22.8 Å². The lowest BCUT2D eigenvalue weighted by atomic mass is 10.1. The average molecular weight is 360 g/mol. The van der Waals surface area contributed by atoms with Gasteiger partial charge in [-0.25, -0.2) is 13.2 Å². The van der Waals surface area contributed by atoms with Crippen LogP contribution in [0.1, 0.15) is 23.7 Å². The molecule has 1 aromatic heterocycles. The van der Waals surface area contributed by atoms with Crippen molar-refractivity contribution in [3.05, 3.63) is 65.6 Å². The van der Waals surface area contributed by atoms with Crippen molar-refractivity contribution in [1.29, 1.82) is 0 Å². The highest BCUT2D eigenvalue weighted by atomic mass is 19.2. The highest BCUT2D eigenvalue weighted by Gasteiger charge is 2.14. The first-order chi connectivity index (χ1) is 12.4. The first kappa shape index (κ1) is 17.7. The van der Waals surface area contributed by atoms with Crippen LogP contribution in [0.15, 0.2) is 42.6 Å². The fourth-order valence-electron chi connectivity index (χ4n) is 2.79. The van der Waals surface area contributed by atoms with Crippen molar-refractivity contribution in [2.24, 2.45) is 0 Å². The van der Waals surface area contributed by atoms with Gasteiger partial charge in [-0.15, -0.1) is 0 Å². The molecule has 0 aliphatic carbocycles. The molecule has 3 rings (SSSR count). The van der Waals surface area contributed by atoms with Crippen molar-refractivity contribution in [2.45, 2.75) is 19.9 Å². The van der Waals surface area contributed by atoms with Crippen LogP contribution in [0, 0.1) is 17.5 Å². The predicted molar refractivity (Wildman–Crippen MR) is 91.5 cm³/mol. The van der Waals surface area contributed by atoms with Crippen LogP contribution in [0.25, 0.3) is 10.9 Å². The Morgan fingerprint density at radius 2 is 1.73 bits per heavy atom. The maximum absolute atomic E-state index is 13.2. The fourth-order valence-corrected chi connectivity index (χ4v) is 2.79. The Kier molecular flexibility index (Phi) is 4.79. The summed E-state index contributed by atoms with van der Waals surface area (Å²) in [5.41, 5.74) is 1.21. The maximum Gasteiger partial charge on any atom is 0.226 e. The molecule has 0 atom stereocenters. The minimum absolute atomic E-state index is 0.0105. The van der Waals surface area contributed by atoms with Crippen LogP contribution < -0.4 is 5.32 Å². The lowest BCUT2D eigenvalue weighted by Gasteiger charge is -2.08. The highest BCUT2D eigenvalue weighted by molar-refractivity contribution is 6.07. The van der Waals surface area contributed by atoms with E-state index in [0.717, 1.165) is 23.0 Å². The lowest BCUT2D eigenvalue weighted by molar-refractivity contribution is -0.116. The molecule has 0 fully saturated rings. The number of hydrogen-bond acceptors (Lipinski definition) is 2. The van der Waals surface area contributed by atoms with E-state index in [-0.39, 0.29) is 24.4 Å². The van der Waals surface area contributed by atoms with E-state index in [1.54, 1.807) is 10.8 Å². The molecule has 134 valence electrons. The summed E-state index contributed by atoms with van der Waals surface area (Å²) in [6, 6.07) is 8.75. The first-order valence-electron chi connectivity index (χ1n) is 7.90. The van der Waals surface area contributed by atoms with Crippen molar-refractivity contribution in [3.8, 4) is 0 Å². The summed E-state index contributed by atoms with van der Waals surface area (Å²) in [5, 5.41) is 3.13. The van der Waals surface area contributed by atoms with Gasteiger partial charge in [0.25, 0.3) is 0 Å². The number of amides is 1. The van der Waals surface area contributed by atoms with E-state index in [1.165, 1.54) is 6.92 Å². The number of Topliss-reactive ketones (excluding diaryl/α,β-unsaturated/α-hetero) is 1. The molecule has 4 nitrogen and oxygen atoms in total. The number of rotatable bonds is 5. The molecule has 1 heterocycles. The van der Waals surface area contributed by atoms with Crippen LogP contribution in [0.2, 0.25) is 0 Å². The molecular weight excluding hydrogens is 345 g/mol. The van der Waals surface area contributed by atoms with Crippen LogP contribution in [0.5, 0.6) is 0 Å². The third-order valence-electron chi connectivity index (χ3n) is 4.02. The van der Waals surface area contributed by atoms with E-state index in [2.05, 4.69) is 5.32 Å². The summed E-state index contributed by atoms with van der Waals surface area (Å²) < 4.78 is 41.1. The van der Waals surface area contributed by atoms with E-state index in [9.17, 15) is 22.8 Å². The Labute approximate surface area is 147 Å². The number of carbonyl (C=O) groups is 2. The van der Waals surface area contributed by atoms with Gasteiger partial charge in [-0.05, 0) is 13.0 Å². The van der Waals surface area contributed by atoms with Crippen molar-refractivity contribution in [3.63, 3.8) is 0 Å². The monoisotopic (exact) mass is 360 g/mol. The van der Waals surface area contributed by atoms with Gasteiger partial charge >= 0.3 is 0 Å². The zero-order chi connectivity index (χ0) is 18.8. The SMILES string of the molecule is CC(=O)c1cn(CCC(=O)Nc2cc(F)c(F)c(F)c2)c2ccccc12. The first-order valence-corrected chi connectivity index (χ1v) is 7.90. The number of nitrogens with zero attached hydrogens (tertiary/aromatic N) is 1. The fraction of sp³-hybridized carbons (Fsp3) is 0.158. The summed E-state index contributed by atoms with van der Waals surface area (Å²) in [6.07, 6.45) is 1.69. The molecule has 0 bridgehead atoms. The number of carbonyl (C=O) groups excluding carboxylic acids is 2. The molecular formula is C19H15F3N2O2. The van der Waals surface area contributed by atoms with Crippen LogP contribution in [-0.4, -0.2) is 16.3 Å². The Hall–Kier alpha value is -3.09. The number of para-hydroxylation sites is 1. The van der Waals surface area contributed by atoms with Crippen LogP contribution >= 0.6 is 0 Å². The summed E-state index contributed by atoms with van der Waals surface area (Å²) in [5.74, 6) is -4.90. The van der Waals surface area contributed by atoms with Gasteiger partial charge in [0.15, 0.2) is 23.2 Å². The van der Waals surface area contributed by atoms with Crippen molar-refractivity contribution in [2.75, 3.05) is 5.32 Å². The number of benzene rings is 2. The highest BCUT2D eigenvalue weighted by Crippen LogP contribution is 2.22. The van der Waals surface area contributed by atoms with Crippen molar-refractivity contribution in [1.82, 2.24) is 4.57 Å². The van der Waals surface area contributed by atoms with Crippen LogP contribution in [0.4, 0.5) is 18.9 Å². The molecule has 2 aromatic carbocycles. The molecule has 0 aliphatic rings. The minimum atomic E-state index is -1.58. The number of aromatic nitrogens is 1. The van der Waals surface area contributed by atoms with Gasteiger partial charge in [-0.3, -0.25) is 9.59 Å². The van der Waals surface area contributed by atoms with E-state index in [4.69, 9.17) is 0 Å². The quantitative estimate of drug-likeness (QED) is 0.545. The van der Waals surface area contributed by atoms with Gasteiger partial charge in [0.05, 0.1) is 0 Å². The number of aryl methyl sites for hydroxylation is 1. The van der Waals surface area contributed by atoms with Gasteiger partial charge in [0.2, 0.25) is 5.91 Å². The molecule has 0 unspecified atom stereocenters. The zero-order valence-electron chi connectivity index (χ0n) is 13.9. The van der Waals surface area contributed by atoms with Gasteiger partial charge in [0.1, 0.15) is 0 Å². The molecule has 7 heteroatoms. The standard InChI is InChI=1S/C19H15F3N2O2/c1-11(25)14-10-24(17-5-3-2-4-13(14)17)7-6-18(26)23-12-8-15(20)19(22)16(21)9-12/h2-5,8-10H,6-7H2,1H3,(H,23,26). The topological polar surface area (TPSA) is 51.1 Å². The minimum Gasteiger partial charge on any atom is -0.346 e. The number of nitrogens with one attached hydrogen (secondary N) is 1. The second-order valence-corrected chi connectivity index (χ2v) is 5.86. The molecule has 3 aromatic rings. The second-order valence-electron chi connectivity index (χ2n) is 5.86. The summed E-state index contributed by atoms with van der Waals surface area (Å²) >= 11 is 0. The lowest BCUT2D eigenvalue weighted by Crippen LogP contribution is -2.15. The Bertz CT molecular complexity index is 988. The van der Waals surface area contributed by atoms with Crippen LogP contribution in [-0.2, 0) is 11.3 Å². The Morgan fingerprint density at radius 3 is 2.38 bits per heavy atom. The third kappa shape index (κ3) is 3.46. The molecule has 0 radical (unpaired) electrons. The molecule has 1 amide bonds. The van der Waals surface area contributed by atoms with Crippen molar-refractivity contribution >= 4 is 28.3 Å². The number of halogens is 3. The van der Waals surface area contributed by atoms with E-state index >= 15 is 0 Å². The van der Waals surface area contributed by atoms with E-state index < -0.39 is 23.4 Å². The second kappa shape index (κ2) is 7.03. The van der Waals surface area contributed by atoms with Gasteiger partial charge in [-0.2, -0.15) is 0 Å². The average Bonchev–Trinajstić information content (AvgIpc) is 2.97. The molecule has 0 saturated carbocycles. The normalized spacial score (nSPS) is 10.9. The third-order valence-corrected chi connectivity index (χ3v) is 4.02. The van der Waals surface area contributed by atoms with Crippen LogP contribution in [0.3, 0.4) is 0 Å². The van der Waals surface area contributed by atoms with Gasteiger partial charge in [-0.1, -0.05) is 18.2 Å².